The first-order chi connectivity index (χ1) is 5.04. The number of nitrogens with one attached hydrogen (secondary N) is 1. The van der Waals surface area contributed by atoms with E-state index in [1.165, 1.54) is 0 Å². The Morgan fingerprint density at radius 1 is 1.58 bits per heavy atom. The predicted octanol–water partition coefficient (Wildman–Crippen LogP) is -3.14. The topological polar surface area (TPSA) is 24.8 Å². The summed E-state index contributed by atoms with van der Waals surface area (Å²) < 4.78 is 0. The summed E-state index contributed by atoms with van der Waals surface area (Å²) in [5.41, 5.74) is 1.11. The van der Waals surface area contributed by atoms with Crippen molar-refractivity contribution in [1.82, 2.24) is 4.90 Å². The highest BCUT2D eigenvalue weighted by Gasteiger charge is 2.29. The molecule has 3 nitrogen and oxygen atoms in total. The van der Waals surface area contributed by atoms with Crippen LogP contribution in [0.2, 0.25) is 0 Å². The number of halogens is 1. The number of carbonyl (C=O) groups excluding carboxylic acids is 1. The first-order valence-electron chi connectivity index (χ1n) is 3.83. The molecule has 0 saturated heterocycles. The summed E-state index contributed by atoms with van der Waals surface area (Å²) in [5.74, 6) is 0. The SMILES string of the molecule is CC1=CC(C)N(C)C(=O)[NH+]1C.[Cl-]. The van der Waals surface area contributed by atoms with E-state index in [0.29, 0.717) is 0 Å². The van der Waals surface area contributed by atoms with E-state index < -0.39 is 0 Å². The number of carbonyl (C=O) groups is 1. The number of quaternary nitrogens is 1. The third-order valence-corrected chi connectivity index (χ3v) is 2.33. The predicted molar refractivity (Wildman–Crippen MR) is 43.3 cm³/mol. The van der Waals surface area contributed by atoms with Gasteiger partial charge in [0.25, 0.3) is 0 Å². The number of urea groups is 1. The third kappa shape index (κ3) is 1.79. The van der Waals surface area contributed by atoms with Crippen molar-refractivity contribution in [2.45, 2.75) is 19.9 Å². The van der Waals surface area contributed by atoms with Crippen molar-refractivity contribution in [3.8, 4) is 0 Å². The molecule has 1 aliphatic heterocycles. The standard InChI is InChI=1S/C8H14N2O.ClH/c1-6-5-7(2)10(4)8(11)9(6)3;/h5-6H,1-4H3;1H. The number of hydrogen-bond acceptors (Lipinski definition) is 1. The molecule has 0 aromatic rings. The molecule has 0 aliphatic carbocycles. The van der Waals surface area contributed by atoms with E-state index in [4.69, 9.17) is 0 Å². The normalized spacial score (nSPS) is 29.5. The number of allylic oxidation sites excluding steroid dienone is 1. The molecule has 2 unspecified atom stereocenters. The number of nitrogens with zero attached hydrogens (tertiary/aromatic N) is 1. The van der Waals surface area contributed by atoms with Crippen molar-refractivity contribution in [3.05, 3.63) is 11.8 Å². The molecule has 0 bridgehead atoms. The van der Waals surface area contributed by atoms with Crippen LogP contribution in [0.5, 0.6) is 0 Å². The number of likely N-dealkylation sites (N-methyl/N-ethyl adjacent to an activating group) is 1. The highest BCUT2D eigenvalue weighted by Crippen LogP contribution is 2.02. The van der Waals surface area contributed by atoms with Crippen molar-refractivity contribution in [2.75, 3.05) is 14.1 Å². The van der Waals surface area contributed by atoms with Crippen molar-refractivity contribution < 1.29 is 22.1 Å². The average molecular weight is 191 g/mol. The molecule has 0 aromatic heterocycles. The lowest BCUT2D eigenvalue weighted by Crippen LogP contribution is -3.12. The largest absolute Gasteiger partial charge is 1.00 e. The lowest BCUT2D eigenvalue weighted by atomic mass is 10.2. The zero-order chi connectivity index (χ0) is 8.59. The van der Waals surface area contributed by atoms with Crippen molar-refractivity contribution in [1.29, 1.82) is 0 Å². The molecule has 4 heteroatoms. The van der Waals surface area contributed by atoms with Gasteiger partial charge >= 0.3 is 6.03 Å². The van der Waals surface area contributed by atoms with Gasteiger partial charge in [-0.2, -0.15) is 0 Å². The minimum Gasteiger partial charge on any atom is -1.00 e. The maximum absolute atomic E-state index is 11.4. The van der Waals surface area contributed by atoms with Crippen LogP contribution in [-0.4, -0.2) is 31.1 Å². The van der Waals surface area contributed by atoms with Crippen LogP contribution in [0.25, 0.3) is 0 Å². The Hall–Kier alpha value is -0.540. The second-order valence-corrected chi connectivity index (χ2v) is 3.13. The van der Waals surface area contributed by atoms with Gasteiger partial charge in [0.2, 0.25) is 0 Å². The highest BCUT2D eigenvalue weighted by molar-refractivity contribution is 5.67. The average Bonchev–Trinajstić information content (AvgIpc) is 1.97. The number of hydrogen-bond donors (Lipinski definition) is 1. The second kappa shape index (κ2) is 3.92. The summed E-state index contributed by atoms with van der Waals surface area (Å²) >= 11 is 0. The molecular weight excluding hydrogens is 176 g/mol. The lowest BCUT2D eigenvalue weighted by molar-refractivity contribution is -0.756. The van der Waals surface area contributed by atoms with E-state index in [0.717, 1.165) is 10.6 Å². The van der Waals surface area contributed by atoms with Gasteiger partial charge in [0.15, 0.2) is 0 Å². The summed E-state index contributed by atoms with van der Waals surface area (Å²) in [7, 11) is 3.70. The van der Waals surface area contributed by atoms with Gasteiger partial charge in [0.05, 0.1) is 13.1 Å². The van der Waals surface area contributed by atoms with Crippen LogP contribution in [-0.2, 0) is 0 Å². The molecule has 2 atom stereocenters. The van der Waals surface area contributed by atoms with Gasteiger partial charge in [-0.3, -0.25) is 4.90 Å². The first-order valence-corrected chi connectivity index (χ1v) is 3.83. The maximum atomic E-state index is 11.4. The van der Waals surface area contributed by atoms with E-state index in [1.807, 2.05) is 27.9 Å². The Morgan fingerprint density at radius 3 is 2.58 bits per heavy atom. The van der Waals surface area contributed by atoms with Crippen LogP contribution in [0.15, 0.2) is 11.8 Å². The first kappa shape index (κ1) is 11.5. The summed E-state index contributed by atoms with van der Waals surface area (Å²) in [6.45, 7) is 4.00. The molecule has 0 spiro atoms. The Bertz CT molecular complexity index is 215. The van der Waals surface area contributed by atoms with E-state index in [9.17, 15) is 4.79 Å². The zero-order valence-corrected chi connectivity index (χ0v) is 8.64. The summed E-state index contributed by atoms with van der Waals surface area (Å²) in [4.78, 5) is 14.0. The van der Waals surface area contributed by atoms with Crippen LogP contribution < -0.4 is 17.3 Å². The van der Waals surface area contributed by atoms with Gasteiger partial charge in [-0.15, -0.1) is 0 Å². The fraction of sp³-hybridized carbons (Fsp3) is 0.625. The van der Waals surface area contributed by atoms with E-state index in [-0.39, 0.29) is 24.5 Å². The Balaban J connectivity index is 0.00000121. The Labute approximate surface area is 79.4 Å². The maximum Gasteiger partial charge on any atom is 0.422 e. The third-order valence-electron chi connectivity index (χ3n) is 2.33. The highest BCUT2D eigenvalue weighted by atomic mass is 35.5. The Kier molecular flexibility index (Phi) is 3.74. The van der Waals surface area contributed by atoms with Crippen LogP contribution in [0.1, 0.15) is 13.8 Å². The molecule has 0 aromatic carbocycles. The molecule has 12 heavy (non-hydrogen) atoms. The molecule has 70 valence electrons. The zero-order valence-electron chi connectivity index (χ0n) is 7.89. The number of amides is 2. The van der Waals surface area contributed by atoms with E-state index in [1.54, 1.807) is 4.90 Å². The molecule has 1 N–H and O–H groups in total. The Morgan fingerprint density at radius 2 is 2.08 bits per heavy atom. The van der Waals surface area contributed by atoms with Gasteiger partial charge < -0.3 is 12.4 Å². The molecule has 1 aliphatic rings. The van der Waals surface area contributed by atoms with Crippen LogP contribution in [0.3, 0.4) is 0 Å². The minimum atomic E-state index is 0. The van der Waals surface area contributed by atoms with E-state index in [2.05, 4.69) is 6.08 Å². The van der Waals surface area contributed by atoms with Crippen LogP contribution in [0, 0.1) is 0 Å². The fourth-order valence-corrected chi connectivity index (χ4v) is 1.22. The van der Waals surface area contributed by atoms with Crippen LogP contribution >= 0.6 is 0 Å². The van der Waals surface area contributed by atoms with Crippen molar-refractivity contribution in [2.24, 2.45) is 0 Å². The molecule has 1 heterocycles. The molecular formula is C8H15ClN2O. The summed E-state index contributed by atoms with van der Waals surface area (Å²) in [6.07, 6.45) is 2.11. The summed E-state index contributed by atoms with van der Waals surface area (Å²) in [5, 5.41) is 0. The van der Waals surface area contributed by atoms with Gasteiger partial charge in [0.1, 0.15) is 5.70 Å². The second-order valence-electron chi connectivity index (χ2n) is 3.13. The summed E-state index contributed by atoms with van der Waals surface area (Å²) in [6, 6.07) is 0.392. The monoisotopic (exact) mass is 190 g/mol. The fourth-order valence-electron chi connectivity index (χ4n) is 1.22. The quantitative estimate of drug-likeness (QED) is 0.429. The van der Waals surface area contributed by atoms with Crippen molar-refractivity contribution in [3.63, 3.8) is 0 Å². The van der Waals surface area contributed by atoms with Gasteiger partial charge in [0, 0.05) is 14.0 Å². The molecule has 0 saturated carbocycles. The van der Waals surface area contributed by atoms with Crippen molar-refractivity contribution >= 4 is 6.03 Å². The smallest absolute Gasteiger partial charge is 0.422 e. The van der Waals surface area contributed by atoms with Gasteiger partial charge in [-0.05, 0) is 13.0 Å². The van der Waals surface area contributed by atoms with Crippen LogP contribution in [0.4, 0.5) is 4.79 Å². The van der Waals surface area contributed by atoms with E-state index >= 15 is 0 Å². The lowest BCUT2D eigenvalue weighted by Gasteiger charge is -2.28. The molecule has 1 rings (SSSR count). The molecule has 0 radical (unpaired) electrons. The molecule has 2 amide bonds. The molecule has 0 fully saturated rings. The van der Waals surface area contributed by atoms with Gasteiger partial charge in [-0.1, -0.05) is 0 Å². The minimum absolute atomic E-state index is 0. The van der Waals surface area contributed by atoms with Gasteiger partial charge in [-0.25, -0.2) is 9.69 Å². The number of rotatable bonds is 0.